The molecule has 2 saturated heterocycles. The number of aromatic nitrogens is 2. The minimum atomic E-state index is -0.318. The fourth-order valence-corrected chi connectivity index (χ4v) is 3.67. The highest BCUT2D eigenvalue weighted by Crippen LogP contribution is 2.13. The van der Waals surface area contributed by atoms with Gasteiger partial charge in [0.05, 0.1) is 18.3 Å². The van der Waals surface area contributed by atoms with Gasteiger partial charge in [-0.25, -0.2) is 9.97 Å². The first-order chi connectivity index (χ1) is 11.6. The van der Waals surface area contributed by atoms with Crippen molar-refractivity contribution in [1.82, 2.24) is 19.8 Å². The number of anilines is 1. The summed E-state index contributed by atoms with van der Waals surface area (Å²) in [4.78, 5) is 15.5. The van der Waals surface area contributed by atoms with E-state index >= 15 is 0 Å². The Bertz CT molecular complexity index is 485. The lowest BCUT2D eigenvalue weighted by molar-refractivity contribution is -0.0780. The number of ether oxygens (including phenoxy) is 1. The van der Waals surface area contributed by atoms with Gasteiger partial charge in [0.1, 0.15) is 0 Å². The molecule has 2 aliphatic heterocycles. The summed E-state index contributed by atoms with van der Waals surface area (Å²) in [6.07, 6.45) is 3.73. The average molecular weight is 335 g/mol. The third-order valence-electron chi connectivity index (χ3n) is 4.64. The molecule has 0 aromatic carbocycles. The molecule has 3 atom stereocenters. The van der Waals surface area contributed by atoms with Gasteiger partial charge >= 0.3 is 0 Å². The zero-order valence-corrected chi connectivity index (χ0v) is 14.7. The number of aliphatic hydroxyl groups is 1. The van der Waals surface area contributed by atoms with Crippen molar-refractivity contribution in [2.24, 2.45) is 0 Å². The predicted octanol–water partition coefficient (Wildman–Crippen LogP) is 0.0687. The number of piperazine rings is 1. The van der Waals surface area contributed by atoms with Crippen LogP contribution in [0.3, 0.4) is 0 Å². The summed E-state index contributed by atoms with van der Waals surface area (Å²) in [5, 5.41) is 10.4. The van der Waals surface area contributed by atoms with Gasteiger partial charge in [-0.15, -0.1) is 0 Å². The molecule has 3 unspecified atom stereocenters. The lowest BCUT2D eigenvalue weighted by atomic mass is 10.2. The summed E-state index contributed by atoms with van der Waals surface area (Å²) < 4.78 is 5.75. The van der Waals surface area contributed by atoms with Crippen LogP contribution in [0, 0.1) is 0 Å². The highest BCUT2D eigenvalue weighted by molar-refractivity contribution is 5.29. The van der Waals surface area contributed by atoms with E-state index in [1.165, 1.54) is 0 Å². The van der Waals surface area contributed by atoms with Crippen molar-refractivity contribution in [2.75, 3.05) is 57.3 Å². The van der Waals surface area contributed by atoms with Gasteiger partial charge in [-0.1, -0.05) is 0 Å². The molecule has 1 aromatic rings. The van der Waals surface area contributed by atoms with Crippen LogP contribution in [0.15, 0.2) is 18.5 Å². The quantitative estimate of drug-likeness (QED) is 0.817. The molecule has 1 aromatic heterocycles. The largest absolute Gasteiger partial charge is 0.390 e. The number of hydrogen-bond donors (Lipinski definition) is 1. The summed E-state index contributed by atoms with van der Waals surface area (Å²) >= 11 is 0. The van der Waals surface area contributed by atoms with Crippen LogP contribution < -0.4 is 4.90 Å². The Balaban J connectivity index is 1.41. The molecule has 0 amide bonds. The van der Waals surface area contributed by atoms with Gasteiger partial charge in [-0.05, 0) is 19.9 Å². The van der Waals surface area contributed by atoms with Crippen LogP contribution in [0.1, 0.15) is 13.8 Å². The topological polar surface area (TPSA) is 65.0 Å². The highest BCUT2D eigenvalue weighted by Gasteiger charge is 2.25. The first-order valence-corrected chi connectivity index (χ1v) is 8.90. The molecule has 0 bridgehead atoms. The van der Waals surface area contributed by atoms with Crippen LogP contribution in [-0.4, -0.2) is 95.5 Å². The maximum absolute atomic E-state index is 10.4. The number of β-amino-alcohol motifs (C(OH)–C–C–N with tert-alkyl or cyclic N) is 1. The lowest BCUT2D eigenvalue weighted by Gasteiger charge is -2.38. The van der Waals surface area contributed by atoms with Crippen LogP contribution in [0.5, 0.6) is 0 Å². The maximum atomic E-state index is 10.4. The Labute approximate surface area is 144 Å². The second-order valence-electron chi connectivity index (χ2n) is 6.97. The van der Waals surface area contributed by atoms with E-state index in [0.717, 1.165) is 58.3 Å². The first kappa shape index (κ1) is 17.5. The van der Waals surface area contributed by atoms with Gasteiger partial charge in [0.2, 0.25) is 5.95 Å². The van der Waals surface area contributed by atoms with Gasteiger partial charge in [-0.2, -0.15) is 0 Å². The lowest BCUT2D eigenvalue weighted by Crippen LogP contribution is -2.52. The predicted molar refractivity (Wildman–Crippen MR) is 93.1 cm³/mol. The van der Waals surface area contributed by atoms with Gasteiger partial charge in [0, 0.05) is 64.8 Å². The molecule has 7 nitrogen and oxygen atoms in total. The SMILES string of the molecule is CC1CN(CC(O)CN2CCN(c3ncccn3)CC2)CC(C)O1. The molecule has 24 heavy (non-hydrogen) atoms. The molecule has 3 rings (SSSR count). The third kappa shape index (κ3) is 4.86. The zero-order chi connectivity index (χ0) is 16.9. The summed E-state index contributed by atoms with van der Waals surface area (Å²) in [6, 6.07) is 1.84. The molecule has 0 aliphatic carbocycles. The number of rotatable bonds is 5. The second kappa shape index (κ2) is 8.20. The Morgan fingerprint density at radius 2 is 1.62 bits per heavy atom. The highest BCUT2D eigenvalue weighted by atomic mass is 16.5. The summed E-state index contributed by atoms with van der Waals surface area (Å²) in [7, 11) is 0. The van der Waals surface area contributed by atoms with Crippen molar-refractivity contribution in [3.05, 3.63) is 18.5 Å². The molecular weight excluding hydrogens is 306 g/mol. The van der Waals surface area contributed by atoms with E-state index in [1.807, 2.05) is 6.07 Å². The van der Waals surface area contributed by atoms with E-state index in [1.54, 1.807) is 12.4 Å². The molecule has 3 heterocycles. The Morgan fingerprint density at radius 3 is 2.25 bits per heavy atom. The standard InChI is InChI=1S/C17H29N5O2/c1-14-10-21(11-15(2)24-14)13-16(23)12-20-6-8-22(9-7-20)17-18-4-3-5-19-17/h3-5,14-16,23H,6-13H2,1-2H3. The van der Waals surface area contributed by atoms with Crippen molar-refractivity contribution in [3.63, 3.8) is 0 Å². The van der Waals surface area contributed by atoms with E-state index < -0.39 is 0 Å². The van der Waals surface area contributed by atoms with Crippen molar-refractivity contribution in [2.45, 2.75) is 32.2 Å². The zero-order valence-electron chi connectivity index (χ0n) is 14.7. The van der Waals surface area contributed by atoms with E-state index in [9.17, 15) is 5.11 Å². The van der Waals surface area contributed by atoms with Crippen LogP contribution >= 0.6 is 0 Å². The third-order valence-corrected chi connectivity index (χ3v) is 4.64. The van der Waals surface area contributed by atoms with Gasteiger partial charge < -0.3 is 14.7 Å². The van der Waals surface area contributed by atoms with E-state index in [4.69, 9.17) is 4.74 Å². The number of nitrogens with zero attached hydrogens (tertiary/aromatic N) is 5. The van der Waals surface area contributed by atoms with Gasteiger partial charge in [0.15, 0.2) is 0 Å². The fourth-order valence-electron chi connectivity index (χ4n) is 3.67. The first-order valence-electron chi connectivity index (χ1n) is 8.90. The molecule has 2 aliphatic rings. The average Bonchev–Trinajstić information content (AvgIpc) is 2.55. The number of aliphatic hydroxyl groups excluding tert-OH is 1. The molecule has 0 saturated carbocycles. The maximum Gasteiger partial charge on any atom is 0.225 e. The van der Waals surface area contributed by atoms with Crippen LogP contribution in [0.25, 0.3) is 0 Å². The summed E-state index contributed by atoms with van der Waals surface area (Å²) in [5.74, 6) is 0.800. The summed E-state index contributed by atoms with van der Waals surface area (Å²) in [6.45, 7) is 11.1. The molecule has 2 fully saturated rings. The molecule has 134 valence electrons. The fraction of sp³-hybridized carbons (Fsp3) is 0.765. The van der Waals surface area contributed by atoms with Crippen LogP contribution in [0.4, 0.5) is 5.95 Å². The monoisotopic (exact) mass is 335 g/mol. The molecule has 7 heteroatoms. The summed E-state index contributed by atoms with van der Waals surface area (Å²) in [5.41, 5.74) is 0. The van der Waals surface area contributed by atoms with Crippen LogP contribution in [-0.2, 0) is 4.74 Å². The minimum Gasteiger partial charge on any atom is -0.390 e. The van der Waals surface area contributed by atoms with Gasteiger partial charge in [-0.3, -0.25) is 9.80 Å². The van der Waals surface area contributed by atoms with Crippen LogP contribution in [0.2, 0.25) is 0 Å². The normalized spacial score (nSPS) is 28.0. The second-order valence-corrected chi connectivity index (χ2v) is 6.97. The Morgan fingerprint density at radius 1 is 1.04 bits per heavy atom. The Kier molecular flexibility index (Phi) is 5.99. The van der Waals surface area contributed by atoms with Crippen molar-refractivity contribution >= 4 is 5.95 Å². The van der Waals surface area contributed by atoms with Crippen molar-refractivity contribution in [1.29, 1.82) is 0 Å². The van der Waals surface area contributed by atoms with Crippen molar-refractivity contribution in [3.8, 4) is 0 Å². The van der Waals surface area contributed by atoms with E-state index in [-0.39, 0.29) is 18.3 Å². The molecule has 0 spiro atoms. The van der Waals surface area contributed by atoms with E-state index in [2.05, 4.69) is 38.5 Å². The minimum absolute atomic E-state index is 0.246. The molecular formula is C17H29N5O2. The molecule has 0 radical (unpaired) electrons. The number of morpholine rings is 1. The smallest absolute Gasteiger partial charge is 0.225 e. The van der Waals surface area contributed by atoms with Crippen molar-refractivity contribution < 1.29 is 9.84 Å². The van der Waals surface area contributed by atoms with E-state index in [0.29, 0.717) is 0 Å². The Hall–Kier alpha value is -1.28. The number of hydrogen-bond acceptors (Lipinski definition) is 7. The molecule has 1 N–H and O–H groups in total. The van der Waals surface area contributed by atoms with Gasteiger partial charge in [0.25, 0.3) is 0 Å².